The first-order valence-corrected chi connectivity index (χ1v) is 7.19. The molecular formula is C16H25NO2. The normalized spacial score (nSPS) is 12.2. The third-order valence-electron chi connectivity index (χ3n) is 3.38. The number of carbonyl (C=O) groups is 1. The molecule has 2 N–H and O–H groups in total. The first kappa shape index (κ1) is 15.5. The molecule has 0 aromatic heterocycles. The van der Waals surface area contributed by atoms with E-state index in [1.54, 1.807) is 12.1 Å². The molecule has 0 saturated heterocycles. The number of rotatable bonds is 8. The van der Waals surface area contributed by atoms with Crippen molar-refractivity contribution >= 4 is 11.7 Å². The van der Waals surface area contributed by atoms with Crippen molar-refractivity contribution in [2.75, 3.05) is 5.32 Å². The van der Waals surface area contributed by atoms with Gasteiger partial charge in [-0.1, -0.05) is 33.1 Å². The van der Waals surface area contributed by atoms with Gasteiger partial charge >= 0.3 is 5.97 Å². The van der Waals surface area contributed by atoms with Gasteiger partial charge < -0.3 is 10.4 Å². The molecule has 106 valence electrons. The lowest BCUT2D eigenvalue weighted by atomic mass is 10.0. The number of carboxylic acids is 1. The van der Waals surface area contributed by atoms with Gasteiger partial charge in [-0.15, -0.1) is 0 Å². The Bertz CT molecular complexity index is 415. The smallest absolute Gasteiger partial charge is 0.335 e. The lowest BCUT2D eigenvalue weighted by Crippen LogP contribution is -2.19. The zero-order chi connectivity index (χ0) is 14.3. The summed E-state index contributed by atoms with van der Waals surface area (Å²) in [5, 5.41) is 12.5. The van der Waals surface area contributed by atoms with Crippen LogP contribution >= 0.6 is 0 Å². The van der Waals surface area contributed by atoms with Crippen LogP contribution in [0.2, 0.25) is 0 Å². The standard InChI is InChI=1S/C16H25NO2/c1-4-6-8-14(7-5-2)17-15-10-9-13(16(18)19)11-12(15)3/h9-11,14,17H,4-8H2,1-3H3,(H,18,19). The summed E-state index contributed by atoms with van der Waals surface area (Å²) in [5.41, 5.74) is 2.40. The summed E-state index contributed by atoms with van der Waals surface area (Å²) < 4.78 is 0. The van der Waals surface area contributed by atoms with Crippen LogP contribution in [0.3, 0.4) is 0 Å². The van der Waals surface area contributed by atoms with E-state index in [0.717, 1.165) is 24.1 Å². The zero-order valence-electron chi connectivity index (χ0n) is 12.2. The maximum atomic E-state index is 10.9. The Hall–Kier alpha value is -1.51. The number of aryl methyl sites for hydroxylation is 1. The van der Waals surface area contributed by atoms with Crippen LogP contribution in [0.15, 0.2) is 18.2 Å². The number of anilines is 1. The van der Waals surface area contributed by atoms with Crippen LogP contribution in [0, 0.1) is 6.92 Å². The quantitative estimate of drug-likeness (QED) is 0.727. The molecule has 1 unspecified atom stereocenters. The van der Waals surface area contributed by atoms with Gasteiger partial charge in [0.2, 0.25) is 0 Å². The summed E-state index contributed by atoms with van der Waals surface area (Å²) in [4.78, 5) is 10.9. The molecule has 0 amide bonds. The average Bonchev–Trinajstić information content (AvgIpc) is 2.38. The van der Waals surface area contributed by atoms with Crippen LogP contribution in [-0.4, -0.2) is 17.1 Å². The number of aromatic carboxylic acids is 1. The van der Waals surface area contributed by atoms with E-state index < -0.39 is 5.97 Å². The van der Waals surface area contributed by atoms with E-state index in [2.05, 4.69) is 19.2 Å². The highest BCUT2D eigenvalue weighted by molar-refractivity contribution is 5.88. The van der Waals surface area contributed by atoms with Crippen LogP contribution in [0.5, 0.6) is 0 Å². The molecule has 0 fully saturated rings. The number of hydrogen-bond donors (Lipinski definition) is 2. The predicted octanol–water partition coefficient (Wildman–Crippen LogP) is 4.46. The van der Waals surface area contributed by atoms with Gasteiger partial charge in [0.1, 0.15) is 0 Å². The molecule has 0 radical (unpaired) electrons. The van der Waals surface area contributed by atoms with E-state index in [9.17, 15) is 4.79 Å². The summed E-state index contributed by atoms with van der Waals surface area (Å²) in [7, 11) is 0. The van der Waals surface area contributed by atoms with Crippen molar-refractivity contribution in [3.8, 4) is 0 Å². The average molecular weight is 263 g/mol. The molecule has 0 spiro atoms. The molecule has 0 aliphatic heterocycles. The van der Waals surface area contributed by atoms with Crippen molar-refractivity contribution in [3.05, 3.63) is 29.3 Å². The highest BCUT2D eigenvalue weighted by Gasteiger charge is 2.10. The van der Waals surface area contributed by atoms with E-state index in [1.807, 2.05) is 13.0 Å². The molecular weight excluding hydrogens is 238 g/mol. The largest absolute Gasteiger partial charge is 0.478 e. The topological polar surface area (TPSA) is 49.3 Å². The molecule has 0 bridgehead atoms. The van der Waals surface area contributed by atoms with E-state index in [0.29, 0.717) is 11.6 Å². The van der Waals surface area contributed by atoms with Gasteiger partial charge in [-0.25, -0.2) is 4.79 Å². The summed E-state index contributed by atoms with van der Waals surface area (Å²) in [6.45, 7) is 6.36. The number of carboxylic acid groups (broad SMARTS) is 1. The van der Waals surface area contributed by atoms with Crippen molar-refractivity contribution in [2.45, 2.75) is 58.9 Å². The summed E-state index contributed by atoms with van der Waals surface area (Å²) in [6, 6.07) is 5.76. The number of nitrogens with one attached hydrogen (secondary N) is 1. The minimum atomic E-state index is -0.870. The molecule has 19 heavy (non-hydrogen) atoms. The van der Waals surface area contributed by atoms with Crippen molar-refractivity contribution in [1.82, 2.24) is 0 Å². The molecule has 3 nitrogen and oxygen atoms in total. The second kappa shape index (κ2) is 7.82. The first-order valence-electron chi connectivity index (χ1n) is 7.19. The third kappa shape index (κ3) is 4.93. The van der Waals surface area contributed by atoms with Gasteiger partial charge in [0.15, 0.2) is 0 Å². The highest BCUT2D eigenvalue weighted by Crippen LogP contribution is 2.20. The highest BCUT2D eigenvalue weighted by atomic mass is 16.4. The lowest BCUT2D eigenvalue weighted by Gasteiger charge is -2.20. The SMILES string of the molecule is CCCCC(CCC)Nc1ccc(C(=O)O)cc1C. The van der Waals surface area contributed by atoms with Crippen LogP contribution in [0.4, 0.5) is 5.69 Å². The Morgan fingerprint density at radius 1 is 1.26 bits per heavy atom. The Balaban J connectivity index is 2.75. The Morgan fingerprint density at radius 2 is 2.00 bits per heavy atom. The Labute approximate surface area is 116 Å². The van der Waals surface area contributed by atoms with Gasteiger partial charge in [-0.2, -0.15) is 0 Å². The summed E-state index contributed by atoms with van der Waals surface area (Å²) in [6.07, 6.45) is 5.92. The van der Waals surface area contributed by atoms with Gasteiger partial charge in [0.05, 0.1) is 5.56 Å². The van der Waals surface area contributed by atoms with Gasteiger partial charge in [-0.3, -0.25) is 0 Å². The van der Waals surface area contributed by atoms with E-state index in [4.69, 9.17) is 5.11 Å². The minimum absolute atomic E-state index is 0.351. The van der Waals surface area contributed by atoms with Gasteiger partial charge in [-0.05, 0) is 43.5 Å². The fourth-order valence-electron chi connectivity index (χ4n) is 2.27. The minimum Gasteiger partial charge on any atom is -0.478 e. The van der Waals surface area contributed by atoms with E-state index >= 15 is 0 Å². The number of hydrogen-bond acceptors (Lipinski definition) is 2. The number of unbranched alkanes of at least 4 members (excludes halogenated alkanes) is 1. The molecule has 0 aliphatic rings. The van der Waals surface area contributed by atoms with Crippen molar-refractivity contribution < 1.29 is 9.90 Å². The molecule has 1 aromatic carbocycles. The molecule has 0 heterocycles. The zero-order valence-corrected chi connectivity index (χ0v) is 12.2. The summed E-state index contributed by atoms with van der Waals surface area (Å²) in [5.74, 6) is -0.870. The maximum absolute atomic E-state index is 10.9. The molecule has 1 rings (SSSR count). The fraction of sp³-hybridized carbons (Fsp3) is 0.562. The first-order chi connectivity index (χ1) is 9.08. The summed E-state index contributed by atoms with van der Waals surface area (Å²) >= 11 is 0. The van der Waals surface area contributed by atoms with Crippen molar-refractivity contribution in [2.24, 2.45) is 0 Å². The monoisotopic (exact) mass is 263 g/mol. The third-order valence-corrected chi connectivity index (χ3v) is 3.38. The van der Waals surface area contributed by atoms with E-state index in [-0.39, 0.29) is 0 Å². The van der Waals surface area contributed by atoms with Gasteiger partial charge in [0, 0.05) is 11.7 Å². The molecule has 1 atom stereocenters. The van der Waals surface area contributed by atoms with E-state index in [1.165, 1.54) is 19.3 Å². The lowest BCUT2D eigenvalue weighted by molar-refractivity contribution is 0.0697. The van der Waals surface area contributed by atoms with Gasteiger partial charge in [0.25, 0.3) is 0 Å². The Morgan fingerprint density at radius 3 is 2.53 bits per heavy atom. The molecule has 0 saturated carbocycles. The Kier molecular flexibility index (Phi) is 6.40. The van der Waals surface area contributed by atoms with Crippen LogP contribution < -0.4 is 5.32 Å². The van der Waals surface area contributed by atoms with Crippen molar-refractivity contribution in [3.63, 3.8) is 0 Å². The second-order valence-corrected chi connectivity index (χ2v) is 5.11. The molecule has 0 aliphatic carbocycles. The van der Waals surface area contributed by atoms with Crippen LogP contribution in [0.1, 0.15) is 61.9 Å². The molecule has 3 heteroatoms. The van der Waals surface area contributed by atoms with Crippen molar-refractivity contribution in [1.29, 1.82) is 0 Å². The number of benzene rings is 1. The predicted molar refractivity (Wildman–Crippen MR) is 80.0 cm³/mol. The van der Waals surface area contributed by atoms with Crippen LogP contribution in [0.25, 0.3) is 0 Å². The maximum Gasteiger partial charge on any atom is 0.335 e. The second-order valence-electron chi connectivity index (χ2n) is 5.11. The molecule has 1 aromatic rings. The fourth-order valence-corrected chi connectivity index (χ4v) is 2.27. The van der Waals surface area contributed by atoms with Crippen LogP contribution in [-0.2, 0) is 0 Å².